The number of hydrogen-bond donors (Lipinski definition) is 1. The van der Waals surface area contributed by atoms with E-state index in [-0.39, 0.29) is 18.2 Å². The lowest BCUT2D eigenvalue weighted by molar-refractivity contribution is 0.0125. The summed E-state index contributed by atoms with van der Waals surface area (Å²) in [5, 5.41) is 9.86. The number of nitrogens with zero attached hydrogens (tertiary/aromatic N) is 5. The molecular formula is C20H21FN6O3. The monoisotopic (exact) mass is 412 g/mol. The fraction of sp³-hybridized carbons (Fsp3) is 0.300. The van der Waals surface area contributed by atoms with Crippen molar-refractivity contribution < 1.29 is 18.7 Å². The first kappa shape index (κ1) is 19.9. The van der Waals surface area contributed by atoms with Gasteiger partial charge in [-0.3, -0.25) is 15.2 Å². The van der Waals surface area contributed by atoms with Gasteiger partial charge in [0.05, 0.1) is 18.9 Å². The van der Waals surface area contributed by atoms with Gasteiger partial charge in [0, 0.05) is 25.5 Å². The third-order valence-electron chi connectivity index (χ3n) is 4.70. The van der Waals surface area contributed by atoms with Crippen LogP contribution in [0.1, 0.15) is 21.7 Å². The Morgan fingerprint density at radius 1 is 1.27 bits per heavy atom. The highest BCUT2D eigenvalue weighted by Crippen LogP contribution is 2.21. The Morgan fingerprint density at radius 3 is 2.87 bits per heavy atom. The smallest absolute Gasteiger partial charge is 0.270 e. The summed E-state index contributed by atoms with van der Waals surface area (Å²) >= 11 is 0. The molecule has 0 bridgehead atoms. The van der Waals surface area contributed by atoms with Crippen LogP contribution < -0.4 is 10.2 Å². The fourth-order valence-corrected chi connectivity index (χ4v) is 3.06. The maximum Gasteiger partial charge on any atom is 0.270 e. The number of halogens is 1. The molecule has 1 aliphatic heterocycles. The first-order valence-electron chi connectivity index (χ1n) is 9.50. The zero-order valence-corrected chi connectivity index (χ0v) is 16.4. The van der Waals surface area contributed by atoms with Gasteiger partial charge < -0.3 is 9.47 Å². The van der Waals surface area contributed by atoms with E-state index in [2.05, 4.69) is 20.7 Å². The van der Waals surface area contributed by atoms with Crippen molar-refractivity contribution in [3.8, 4) is 11.4 Å². The molecule has 0 aliphatic carbocycles. The van der Waals surface area contributed by atoms with E-state index < -0.39 is 5.82 Å². The highest BCUT2D eigenvalue weighted by molar-refractivity contribution is 5.96. The number of para-hydroxylation sites is 1. The SMILES string of the molecule is Cc1nnn(-c2ccccc2F)c1COc1ccncc1C(=O)NN1CCOCC1. The fourth-order valence-electron chi connectivity index (χ4n) is 3.06. The van der Waals surface area contributed by atoms with Gasteiger partial charge in [-0.1, -0.05) is 17.3 Å². The van der Waals surface area contributed by atoms with Gasteiger partial charge in [0.2, 0.25) is 0 Å². The average molecular weight is 412 g/mol. The molecule has 0 saturated carbocycles. The van der Waals surface area contributed by atoms with Crippen molar-refractivity contribution in [3.63, 3.8) is 0 Å². The second-order valence-corrected chi connectivity index (χ2v) is 6.69. The molecule has 0 spiro atoms. The number of hydrogen-bond acceptors (Lipinski definition) is 7. The van der Waals surface area contributed by atoms with Gasteiger partial charge in [0.25, 0.3) is 5.91 Å². The first-order valence-corrected chi connectivity index (χ1v) is 9.50. The van der Waals surface area contributed by atoms with Gasteiger partial charge in [-0.2, -0.15) is 0 Å². The predicted molar refractivity (Wildman–Crippen MR) is 104 cm³/mol. The molecule has 156 valence electrons. The number of carbonyl (C=O) groups is 1. The molecular weight excluding hydrogens is 391 g/mol. The molecule has 1 fully saturated rings. The number of hydrazine groups is 1. The summed E-state index contributed by atoms with van der Waals surface area (Å²) < 4.78 is 26.8. The lowest BCUT2D eigenvalue weighted by Gasteiger charge is -2.27. The molecule has 1 aromatic carbocycles. The highest BCUT2D eigenvalue weighted by Gasteiger charge is 2.20. The van der Waals surface area contributed by atoms with E-state index in [9.17, 15) is 9.18 Å². The molecule has 0 atom stereocenters. The summed E-state index contributed by atoms with van der Waals surface area (Å²) in [6, 6.07) is 7.90. The Hall–Kier alpha value is -3.37. The summed E-state index contributed by atoms with van der Waals surface area (Å²) in [4.78, 5) is 16.7. The Morgan fingerprint density at radius 2 is 2.07 bits per heavy atom. The largest absolute Gasteiger partial charge is 0.486 e. The summed E-state index contributed by atoms with van der Waals surface area (Å²) in [5.41, 5.74) is 4.60. The molecule has 30 heavy (non-hydrogen) atoms. The molecule has 10 heteroatoms. The topological polar surface area (TPSA) is 94.4 Å². The van der Waals surface area contributed by atoms with Crippen LogP contribution in [0.5, 0.6) is 5.75 Å². The standard InChI is InChI=1S/C20H21FN6O3/c1-14-18(27(25-23-14)17-5-3-2-4-16(17)21)13-30-19-6-7-22-12-15(19)20(28)24-26-8-10-29-11-9-26/h2-7,12H,8-11,13H2,1H3,(H,24,28). The van der Waals surface area contributed by atoms with E-state index in [0.29, 0.717) is 49.0 Å². The molecule has 1 N–H and O–H groups in total. The number of nitrogens with one attached hydrogen (secondary N) is 1. The number of benzene rings is 1. The number of ether oxygens (including phenoxy) is 2. The molecule has 1 aliphatic rings. The van der Waals surface area contributed by atoms with E-state index in [1.54, 1.807) is 42.4 Å². The summed E-state index contributed by atoms with van der Waals surface area (Å²) in [6.45, 7) is 4.15. The molecule has 4 rings (SSSR count). The Bertz CT molecular complexity index is 1030. The van der Waals surface area contributed by atoms with E-state index in [0.717, 1.165) is 0 Å². The zero-order chi connectivity index (χ0) is 20.9. The van der Waals surface area contributed by atoms with Crippen LogP contribution in [0.4, 0.5) is 4.39 Å². The van der Waals surface area contributed by atoms with Crippen molar-refractivity contribution >= 4 is 5.91 Å². The third-order valence-corrected chi connectivity index (χ3v) is 4.70. The van der Waals surface area contributed by atoms with Crippen LogP contribution in [0.3, 0.4) is 0 Å². The summed E-state index contributed by atoms with van der Waals surface area (Å²) in [7, 11) is 0. The Balaban J connectivity index is 1.52. The van der Waals surface area contributed by atoms with Gasteiger partial charge in [0.15, 0.2) is 0 Å². The number of aryl methyl sites for hydroxylation is 1. The summed E-state index contributed by atoms with van der Waals surface area (Å²) in [5.74, 6) is -0.382. The molecule has 9 nitrogen and oxygen atoms in total. The predicted octanol–water partition coefficient (Wildman–Crippen LogP) is 1.67. The first-order chi connectivity index (χ1) is 14.6. The van der Waals surface area contributed by atoms with Crippen LogP contribution in [-0.2, 0) is 11.3 Å². The second kappa shape index (κ2) is 8.97. The van der Waals surface area contributed by atoms with E-state index >= 15 is 0 Å². The minimum Gasteiger partial charge on any atom is -0.486 e. The van der Waals surface area contributed by atoms with Crippen molar-refractivity contribution in [2.24, 2.45) is 0 Å². The quantitative estimate of drug-likeness (QED) is 0.658. The lowest BCUT2D eigenvalue weighted by atomic mass is 10.2. The number of pyridine rings is 1. The minimum atomic E-state index is -0.418. The number of morpholine rings is 1. The maximum atomic E-state index is 14.2. The number of aromatic nitrogens is 4. The van der Waals surface area contributed by atoms with Crippen LogP contribution in [0.2, 0.25) is 0 Å². The van der Waals surface area contributed by atoms with Gasteiger partial charge in [-0.05, 0) is 25.1 Å². The van der Waals surface area contributed by atoms with Gasteiger partial charge in [-0.15, -0.1) is 5.10 Å². The summed E-state index contributed by atoms with van der Waals surface area (Å²) in [6.07, 6.45) is 2.99. The third kappa shape index (κ3) is 4.29. The number of carbonyl (C=O) groups excluding carboxylic acids is 1. The second-order valence-electron chi connectivity index (χ2n) is 6.69. The molecule has 0 unspecified atom stereocenters. The van der Waals surface area contributed by atoms with Crippen LogP contribution >= 0.6 is 0 Å². The average Bonchev–Trinajstić information content (AvgIpc) is 3.13. The molecule has 0 radical (unpaired) electrons. The van der Waals surface area contributed by atoms with Crippen molar-refractivity contribution in [2.75, 3.05) is 26.3 Å². The molecule has 3 heterocycles. The van der Waals surface area contributed by atoms with Crippen molar-refractivity contribution in [3.05, 3.63) is 65.5 Å². The van der Waals surface area contributed by atoms with Crippen molar-refractivity contribution in [2.45, 2.75) is 13.5 Å². The van der Waals surface area contributed by atoms with Crippen LogP contribution in [0.25, 0.3) is 5.69 Å². The van der Waals surface area contributed by atoms with Gasteiger partial charge in [0.1, 0.15) is 35.1 Å². The molecule has 1 amide bonds. The Labute approximate surface area is 172 Å². The molecule has 3 aromatic rings. The molecule has 2 aromatic heterocycles. The minimum absolute atomic E-state index is 0.0506. The van der Waals surface area contributed by atoms with Crippen LogP contribution in [0.15, 0.2) is 42.7 Å². The van der Waals surface area contributed by atoms with Gasteiger partial charge >= 0.3 is 0 Å². The normalized spacial score (nSPS) is 14.5. The Kier molecular flexibility index (Phi) is 5.96. The van der Waals surface area contributed by atoms with E-state index in [4.69, 9.17) is 9.47 Å². The van der Waals surface area contributed by atoms with Gasteiger partial charge in [-0.25, -0.2) is 14.1 Å². The van der Waals surface area contributed by atoms with Crippen LogP contribution in [-0.4, -0.2) is 57.2 Å². The zero-order valence-electron chi connectivity index (χ0n) is 16.4. The van der Waals surface area contributed by atoms with Crippen molar-refractivity contribution in [1.29, 1.82) is 0 Å². The van der Waals surface area contributed by atoms with E-state index in [1.165, 1.54) is 16.9 Å². The number of amides is 1. The van der Waals surface area contributed by atoms with Crippen molar-refractivity contribution in [1.82, 2.24) is 30.4 Å². The molecule has 1 saturated heterocycles. The van der Waals surface area contributed by atoms with Crippen LogP contribution in [0, 0.1) is 12.7 Å². The highest BCUT2D eigenvalue weighted by atomic mass is 19.1. The lowest BCUT2D eigenvalue weighted by Crippen LogP contribution is -2.48. The maximum absolute atomic E-state index is 14.2. The number of rotatable bonds is 6. The van der Waals surface area contributed by atoms with E-state index in [1.807, 2.05) is 0 Å².